The number of ether oxygens (including phenoxy) is 1. The normalized spacial score (nSPS) is 16.5. The van der Waals surface area contributed by atoms with Crippen molar-refractivity contribution in [2.24, 2.45) is 0 Å². The molecule has 1 aliphatic carbocycles. The molecule has 2 N–H and O–H groups in total. The number of benzene rings is 1. The Bertz CT molecular complexity index is 1330. The molecular weight excluding hydrogens is 492 g/mol. The second kappa shape index (κ2) is 11.4. The van der Waals surface area contributed by atoms with Gasteiger partial charge in [-0.25, -0.2) is 4.98 Å². The van der Waals surface area contributed by atoms with Gasteiger partial charge in [-0.1, -0.05) is 30.9 Å². The van der Waals surface area contributed by atoms with Crippen LogP contribution in [0, 0.1) is 0 Å². The van der Waals surface area contributed by atoms with Crippen molar-refractivity contribution in [3.8, 4) is 5.75 Å². The zero-order valence-electron chi connectivity index (χ0n) is 21.1. The monoisotopic (exact) mass is 524 g/mol. The Labute approximate surface area is 221 Å². The average molecular weight is 525 g/mol. The second-order valence-electron chi connectivity index (χ2n) is 9.75. The zero-order valence-corrected chi connectivity index (χ0v) is 21.9. The van der Waals surface area contributed by atoms with Crippen LogP contribution < -0.4 is 25.8 Å². The Morgan fingerprint density at radius 2 is 1.86 bits per heavy atom. The van der Waals surface area contributed by atoms with Crippen LogP contribution in [0.3, 0.4) is 0 Å². The number of nitrogens with one attached hydrogen (secondary N) is 2. The first-order chi connectivity index (χ1) is 18.0. The Morgan fingerprint density at radius 1 is 1.11 bits per heavy atom. The quantitative estimate of drug-likeness (QED) is 0.457. The molecule has 9 nitrogen and oxygen atoms in total. The molecule has 0 atom stereocenters. The molecule has 0 unspecified atom stereocenters. The van der Waals surface area contributed by atoms with E-state index in [4.69, 9.17) is 21.3 Å². The maximum Gasteiger partial charge on any atom is 0.293 e. The summed E-state index contributed by atoms with van der Waals surface area (Å²) in [6.45, 7) is 1.67. The van der Waals surface area contributed by atoms with Crippen LogP contribution in [-0.2, 0) is 4.79 Å². The summed E-state index contributed by atoms with van der Waals surface area (Å²) in [6.07, 6.45) is 10.4. The molecule has 1 saturated carbocycles. The van der Waals surface area contributed by atoms with E-state index in [2.05, 4.69) is 20.5 Å². The minimum Gasteiger partial charge on any atom is -0.478 e. The van der Waals surface area contributed by atoms with Crippen molar-refractivity contribution in [3.05, 3.63) is 45.8 Å². The Balaban J connectivity index is 1.50. The number of hydrogen-bond donors (Lipinski definition) is 2. The van der Waals surface area contributed by atoms with Gasteiger partial charge in [0.1, 0.15) is 5.02 Å². The third kappa shape index (κ3) is 5.66. The van der Waals surface area contributed by atoms with Crippen LogP contribution in [0.5, 0.6) is 5.75 Å². The first kappa shape index (κ1) is 25.3. The van der Waals surface area contributed by atoms with Crippen molar-refractivity contribution in [1.29, 1.82) is 0 Å². The van der Waals surface area contributed by atoms with E-state index >= 15 is 0 Å². The van der Waals surface area contributed by atoms with Crippen LogP contribution >= 0.6 is 11.6 Å². The van der Waals surface area contributed by atoms with Crippen LogP contribution in [0.25, 0.3) is 10.9 Å². The Kier molecular flexibility index (Phi) is 7.79. The fraction of sp³-hybridized carbons (Fsp3) is 0.481. The number of halogens is 1. The van der Waals surface area contributed by atoms with Crippen LogP contribution in [0.1, 0.15) is 57.4 Å². The molecule has 1 saturated heterocycles. The molecule has 2 aliphatic rings. The number of hydrogen-bond acceptors (Lipinski definition) is 7. The van der Waals surface area contributed by atoms with Crippen molar-refractivity contribution in [2.75, 3.05) is 37.0 Å². The van der Waals surface area contributed by atoms with Crippen molar-refractivity contribution < 1.29 is 9.53 Å². The summed E-state index contributed by atoms with van der Waals surface area (Å²) in [5.74, 6) is 1.09. The van der Waals surface area contributed by atoms with Gasteiger partial charge in [-0.2, -0.15) is 4.98 Å². The molecule has 0 radical (unpaired) electrons. The summed E-state index contributed by atoms with van der Waals surface area (Å²) >= 11 is 6.45. The Hall–Kier alpha value is -3.33. The van der Waals surface area contributed by atoms with E-state index in [0.717, 1.165) is 68.2 Å². The minimum absolute atomic E-state index is 0.106. The van der Waals surface area contributed by atoms with E-state index in [9.17, 15) is 9.59 Å². The van der Waals surface area contributed by atoms with Gasteiger partial charge in [0.25, 0.3) is 11.5 Å². The SMILES string of the molecule is CNC(=O)COc1cc2cc(Nc3nc(N4CCCCC4)ncc3Cl)ccc2n(C2CCCCC2)c1=O. The van der Waals surface area contributed by atoms with Crippen LogP contribution in [-0.4, -0.2) is 47.2 Å². The number of aromatic nitrogens is 3. The first-order valence-electron chi connectivity index (χ1n) is 13.1. The Morgan fingerprint density at radius 3 is 2.62 bits per heavy atom. The summed E-state index contributed by atoms with van der Waals surface area (Å²) in [4.78, 5) is 36.6. The number of pyridine rings is 1. The molecule has 5 rings (SSSR count). The number of fused-ring (bicyclic) bond motifs is 1. The smallest absolute Gasteiger partial charge is 0.293 e. The summed E-state index contributed by atoms with van der Waals surface area (Å²) in [5.41, 5.74) is 1.43. The molecule has 0 bridgehead atoms. The maximum absolute atomic E-state index is 13.4. The van der Waals surface area contributed by atoms with Crippen molar-refractivity contribution in [1.82, 2.24) is 19.9 Å². The highest BCUT2D eigenvalue weighted by Crippen LogP contribution is 2.33. The lowest BCUT2D eigenvalue weighted by Crippen LogP contribution is -2.31. The highest BCUT2D eigenvalue weighted by atomic mass is 35.5. The largest absolute Gasteiger partial charge is 0.478 e. The minimum atomic E-state index is -0.290. The number of amides is 1. The van der Waals surface area contributed by atoms with E-state index < -0.39 is 0 Å². The zero-order chi connectivity index (χ0) is 25.8. The molecule has 3 aromatic rings. The molecular formula is C27H33ClN6O3. The second-order valence-corrected chi connectivity index (χ2v) is 10.2. The molecule has 1 aromatic carbocycles. The first-order valence-corrected chi connectivity index (χ1v) is 13.5. The lowest BCUT2D eigenvalue weighted by Gasteiger charge is -2.27. The van der Waals surface area contributed by atoms with Gasteiger partial charge in [-0.05, 0) is 56.4 Å². The summed E-state index contributed by atoms with van der Waals surface area (Å²) in [7, 11) is 1.54. The fourth-order valence-electron chi connectivity index (χ4n) is 5.25. The van der Waals surface area contributed by atoms with E-state index in [1.807, 2.05) is 22.8 Å². The molecule has 37 heavy (non-hydrogen) atoms. The number of carbonyl (C=O) groups is 1. The molecule has 3 heterocycles. The molecule has 10 heteroatoms. The number of rotatable bonds is 7. The predicted molar refractivity (Wildman–Crippen MR) is 146 cm³/mol. The van der Waals surface area contributed by atoms with Gasteiger partial charge in [0, 0.05) is 37.3 Å². The van der Waals surface area contributed by atoms with Crippen molar-refractivity contribution in [3.63, 3.8) is 0 Å². The molecule has 196 valence electrons. The van der Waals surface area contributed by atoms with Gasteiger partial charge in [0.2, 0.25) is 5.95 Å². The van der Waals surface area contributed by atoms with Gasteiger partial charge in [0.15, 0.2) is 18.2 Å². The predicted octanol–water partition coefficient (Wildman–Crippen LogP) is 4.81. The highest BCUT2D eigenvalue weighted by Gasteiger charge is 2.22. The third-order valence-electron chi connectivity index (χ3n) is 7.21. The molecule has 1 amide bonds. The van der Waals surface area contributed by atoms with Crippen molar-refractivity contribution in [2.45, 2.75) is 57.4 Å². The topological polar surface area (TPSA) is 101 Å². The standard InChI is InChI=1S/C27H33ClN6O3/c1-29-24(35)17-37-23-15-18-14-19(10-11-22(18)34(26(23)36)20-8-4-2-5-9-20)31-25-21(28)16-30-27(32-25)33-12-6-3-7-13-33/h10-11,14-16,20H,2-9,12-13,17H2,1H3,(H,29,35)(H,30,31,32). The molecule has 2 fully saturated rings. The van der Waals surface area contributed by atoms with E-state index in [1.165, 1.54) is 12.8 Å². The molecule has 1 aliphatic heterocycles. The van der Waals surface area contributed by atoms with Gasteiger partial charge in [-0.3, -0.25) is 9.59 Å². The maximum atomic E-state index is 13.4. The van der Waals surface area contributed by atoms with Gasteiger partial charge in [0.05, 0.1) is 11.7 Å². The van der Waals surface area contributed by atoms with Gasteiger partial charge < -0.3 is 24.8 Å². The number of piperidine rings is 1. The summed E-state index contributed by atoms with van der Waals surface area (Å²) in [6, 6.07) is 7.67. The van der Waals surface area contributed by atoms with E-state index in [0.29, 0.717) is 16.8 Å². The fourth-order valence-corrected chi connectivity index (χ4v) is 5.39. The lowest BCUT2D eigenvalue weighted by atomic mass is 9.94. The van der Waals surface area contributed by atoms with Crippen molar-refractivity contribution >= 4 is 45.9 Å². The third-order valence-corrected chi connectivity index (χ3v) is 7.49. The van der Waals surface area contributed by atoms with E-state index in [-0.39, 0.29) is 29.9 Å². The average Bonchev–Trinajstić information content (AvgIpc) is 2.94. The van der Waals surface area contributed by atoms with Gasteiger partial charge in [-0.15, -0.1) is 0 Å². The van der Waals surface area contributed by atoms with Crippen LogP contribution in [0.2, 0.25) is 5.02 Å². The summed E-state index contributed by atoms with van der Waals surface area (Å²) < 4.78 is 7.53. The van der Waals surface area contributed by atoms with E-state index in [1.54, 1.807) is 19.3 Å². The highest BCUT2D eigenvalue weighted by molar-refractivity contribution is 6.32. The number of anilines is 3. The summed E-state index contributed by atoms with van der Waals surface area (Å²) in [5, 5.41) is 7.13. The van der Waals surface area contributed by atoms with Crippen LogP contribution in [0.4, 0.5) is 17.5 Å². The number of likely N-dealkylation sites (N-methyl/N-ethyl adjacent to an activating group) is 1. The molecule has 0 spiro atoms. The van der Waals surface area contributed by atoms with Gasteiger partial charge >= 0.3 is 0 Å². The number of nitrogens with zero attached hydrogens (tertiary/aromatic N) is 4. The number of carbonyl (C=O) groups excluding carboxylic acids is 1. The van der Waals surface area contributed by atoms with Crippen LogP contribution in [0.15, 0.2) is 35.3 Å². The molecule has 2 aromatic heterocycles. The lowest BCUT2D eigenvalue weighted by molar-refractivity contribution is -0.122.